The molecule has 20 heavy (non-hydrogen) atoms. The molecule has 1 atom stereocenters. The van der Waals surface area contributed by atoms with E-state index in [1.54, 1.807) is 12.1 Å². The van der Waals surface area contributed by atoms with E-state index >= 15 is 0 Å². The molecule has 0 amide bonds. The molecule has 0 aliphatic rings. The minimum absolute atomic E-state index is 0.126. The first-order chi connectivity index (χ1) is 9.74. The van der Waals surface area contributed by atoms with Gasteiger partial charge in [-0.25, -0.2) is 0 Å². The lowest BCUT2D eigenvalue weighted by Crippen LogP contribution is -1.96. The van der Waals surface area contributed by atoms with Crippen molar-refractivity contribution in [2.45, 2.75) is 11.7 Å². The Morgan fingerprint density at radius 1 is 0.850 bits per heavy atom. The number of rotatable bonds is 3. The van der Waals surface area contributed by atoms with Gasteiger partial charge in [0.05, 0.1) is 0 Å². The Balaban J connectivity index is 1.91. The summed E-state index contributed by atoms with van der Waals surface area (Å²) in [6.07, 6.45) is 0.870. The lowest BCUT2D eigenvalue weighted by Gasteiger charge is -2.13. The second-order valence-corrected chi connectivity index (χ2v) is 5.57. The summed E-state index contributed by atoms with van der Waals surface area (Å²) in [5.41, 5.74) is 2.43. The second kappa shape index (κ2) is 5.59. The largest absolute Gasteiger partial charge is 0.508 e. The molecule has 3 rings (SSSR count). The van der Waals surface area contributed by atoms with Crippen LogP contribution in [0.1, 0.15) is 16.4 Å². The van der Waals surface area contributed by atoms with Crippen LogP contribution in [0.3, 0.4) is 0 Å². The van der Waals surface area contributed by atoms with Crippen LogP contribution < -0.4 is 0 Å². The Hall–Kier alpha value is -1.93. The molecular weight excluding hydrogens is 264 g/mol. The van der Waals surface area contributed by atoms with Gasteiger partial charge in [0.2, 0.25) is 0 Å². The molecule has 0 heterocycles. The highest BCUT2D eigenvalue weighted by Gasteiger charge is 2.09. The molecule has 0 spiro atoms. The summed E-state index contributed by atoms with van der Waals surface area (Å²) in [5, 5.41) is 12.0. The summed E-state index contributed by atoms with van der Waals surface area (Å²) in [5.74, 6) is 0.291. The third-order valence-corrected chi connectivity index (χ3v) is 4.05. The van der Waals surface area contributed by atoms with E-state index in [1.165, 1.54) is 16.3 Å². The summed E-state index contributed by atoms with van der Waals surface area (Å²) in [4.78, 5) is 0. The average molecular weight is 280 g/mol. The molecule has 2 heteroatoms. The Morgan fingerprint density at radius 3 is 2.35 bits per heavy atom. The number of fused-ring (bicyclic) bond motifs is 1. The van der Waals surface area contributed by atoms with E-state index in [0.717, 1.165) is 12.0 Å². The average Bonchev–Trinajstić information content (AvgIpc) is 2.48. The highest BCUT2D eigenvalue weighted by atomic mass is 32.1. The highest BCUT2D eigenvalue weighted by molar-refractivity contribution is 7.80. The summed E-state index contributed by atoms with van der Waals surface area (Å²) < 4.78 is 0. The molecule has 100 valence electrons. The van der Waals surface area contributed by atoms with E-state index in [4.69, 9.17) is 12.6 Å². The third kappa shape index (κ3) is 2.66. The van der Waals surface area contributed by atoms with Gasteiger partial charge in [-0.1, -0.05) is 54.6 Å². The van der Waals surface area contributed by atoms with Gasteiger partial charge in [0.15, 0.2) is 0 Å². The van der Waals surface area contributed by atoms with Crippen molar-refractivity contribution in [3.63, 3.8) is 0 Å². The van der Waals surface area contributed by atoms with Crippen LogP contribution >= 0.6 is 12.6 Å². The van der Waals surface area contributed by atoms with E-state index in [2.05, 4.69) is 42.5 Å². The van der Waals surface area contributed by atoms with Crippen molar-refractivity contribution >= 4 is 23.4 Å². The van der Waals surface area contributed by atoms with Crippen molar-refractivity contribution in [2.24, 2.45) is 0 Å². The molecule has 3 aromatic carbocycles. The van der Waals surface area contributed by atoms with E-state index < -0.39 is 0 Å². The van der Waals surface area contributed by atoms with Gasteiger partial charge in [0.25, 0.3) is 0 Å². The smallest absolute Gasteiger partial charge is 0.115 e. The lowest BCUT2D eigenvalue weighted by atomic mass is 9.98. The fraction of sp³-hybridized carbons (Fsp3) is 0.111. The normalized spacial score (nSPS) is 12.4. The molecule has 0 radical (unpaired) electrons. The maximum atomic E-state index is 9.34. The van der Waals surface area contributed by atoms with E-state index in [0.29, 0.717) is 5.75 Å². The zero-order chi connectivity index (χ0) is 13.9. The monoisotopic (exact) mass is 280 g/mol. The van der Waals surface area contributed by atoms with Gasteiger partial charge in [-0.3, -0.25) is 0 Å². The number of phenolic OH excluding ortho intramolecular Hbond substituents is 1. The van der Waals surface area contributed by atoms with Gasteiger partial charge in [-0.05, 0) is 40.5 Å². The Kier molecular flexibility index (Phi) is 3.66. The van der Waals surface area contributed by atoms with E-state index in [1.807, 2.05) is 12.1 Å². The fourth-order valence-corrected chi connectivity index (χ4v) is 2.86. The van der Waals surface area contributed by atoms with Crippen molar-refractivity contribution in [3.05, 3.63) is 77.9 Å². The number of phenols is 1. The van der Waals surface area contributed by atoms with Gasteiger partial charge in [0, 0.05) is 5.25 Å². The minimum atomic E-state index is 0.126. The predicted molar refractivity (Wildman–Crippen MR) is 87.5 cm³/mol. The molecule has 3 aromatic rings. The third-order valence-electron chi connectivity index (χ3n) is 3.57. The van der Waals surface area contributed by atoms with Gasteiger partial charge < -0.3 is 5.11 Å². The molecule has 0 aliphatic carbocycles. The molecule has 0 aromatic heterocycles. The van der Waals surface area contributed by atoms with Crippen molar-refractivity contribution in [1.82, 2.24) is 0 Å². The summed E-state index contributed by atoms with van der Waals surface area (Å²) in [7, 11) is 0. The highest BCUT2D eigenvalue weighted by Crippen LogP contribution is 2.29. The molecule has 0 saturated carbocycles. The van der Waals surface area contributed by atoms with Crippen molar-refractivity contribution in [2.75, 3.05) is 0 Å². The number of hydrogen-bond acceptors (Lipinski definition) is 2. The second-order valence-electron chi connectivity index (χ2n) is 4.95. The van der Waals surface area contributed by atoms with Crippen molar-refractivity contribution in [1.29, 1.82) is 0 Å². The Morgan fingerprint density at radius 2 is 1.55 bits per heavy atom. The van der Waals surface area contributed by atoms with Crippen molar-refractivity contribution in [3.8, 4) is 5.75 Å². The van der Waals surface area contributed by atoms with Crippen LogP contribution in [0, 0.1) is 0 Å². The maximum Gasteiger partial charge on any atom is 0.115 e. The van der Waals surface area contributed by atoms with Gasteiger partial charge in [-0.2, -0.15) is 12.6 Å². The molecular formula is C18H16OS. The fourth-order valence-electron chi connectivity index (χ4n) is 2.49. The summed E-state index contributed by atoms with van der Waals surface area (Å²) >= 11 is 4.71. The maximum absolute atomic E-state index is 9.34. The molecule has 0 fully saturated rings. The molecule has 1 N–H and O–H groups in total. The van der Waals surface area contributed by atoms with Crippen LogP contribution in [0.2, 0.25) is 0 Å². The minimum Gasteiger partial charge on any atom is -0.508 e. The first kappa shape index (κ1) is 13.1. The van der Waals surface area contributed by atoms with Crippen LogP contribution in [0.15, 0.2) is 66.7 Å². The Bertz CT molecular complexity index is 714. The summed E-state index contributed by atoms with van der Waals surface area (Å²) in [6, 6.07) is 22.1. The number of aromatic hydroxyl groups is 1. The van der Waals surface area contributed by atoms with Gasteiger partial charge in [-0.15, -0.1) is 0 Å². The zero-order valence-corrected chi connectivity index (χ0v) is 11.9. The Labute approximate surface area is 124 Å². The quantitative estimate of drug-likeness (QED) is 0.663. The zero-order valence-electron chi connectivity index (χ0n) is 11.0. The molecule has 1 unspecified atom stereocenters. The van der Waals surface area contributed by atoms with Crippen LogP contribution in [-0.2, 0) is 6.42 Å². The molecule has 1 nitrogen and oxygen atoms in total. The van der Waals surface area contributed by atoms with Crippen LogP contribution in [-0.4, -0.2) is 5.11 Å². The molecule has 0 aliphatic heterocycles. The van der Waals surface area contributed by atoms with Gasteiger partial charge in [0.1, 0.15) is 5.75 Å². The number of thiol groups is 1. The number of hydrogen-bond donors (Lipinski definition) is 2. The standard InChI is InChI=1S/C18H16OS/c19-16-10-8-14(9-11-16)18(20)12-15-6-3-5-13-4-1-2-7-17(13)15/h1-11,18-20H,12H2. The van der Waals surface area contributed by atoms with Crippen LogP contribution in [0.4, 0.5) is 0 Å². The topological polar surface area (TPSA) is 20.2 Å². The summed E-state index contributed by atoms with van der Waals surface area (Å²) in [6.45, 7) is 0. The van der Waals surface area contributed by atoms with Crippen LogP contribution in [0.25, 0.3) is 10.8 Å². The van der Waals surface area contributed by atoms with Crippen LogP contribution in [0.5, 0.6) is 5.75 Å². The predicted octanol–water partition coefficient (Wildman–Crippen LogP) is 4.76. The van der Waals surface area contributed by atoms with E-state index in [-0.39, 0.29) is 5.25 Å². The number of benzene rings is 3. The first-order valence-corrected chi connectivity index (χ1v) is 7.19. The van der Waals surface area contributed by atoms with E-state index in [9.17, 15) is 5.11 Å². The molecule has 0 bridgehead atoms. The first-order valence-electron chi connectivity index (χ1n) is 6.68. The lowest BCUT2D eigenvalue weighted by molar-refractivity contribution is 0.475. The van der Waals surface area contributed by atoms with Crippen molar-refractivity contribution < 1.29 is 5.11 Å². The molecule has 0 saturated heterocycles. The van der Waals surface area contributed by atoms with Gasteiger partial charge >= 0.3 is 0 Å². The SMILES string of the molecule is Oc1ccc(C(S)Cc2cccc3ccccc23)cc1.